The number of carbonyl (C=O) groups excluding carboxylic acids is 2. The van der Waals surface area contributed by atoms with Gasteiger partial charge in [0.15, 0.2) is 0 Å². The highest BCUT2D eigenvalue weighted by molar-refractivity contribution is 5.98. The fourth-order valence-electron chi connectivity index (χ4n) is 2.52. The molecule has 1 aliphatic heterocycles. The first-order valence-corrected chi connectivity index (χ1v) is 6.78. The molecule has 1 unspecified atom stereocenters. The van der Waals surface area contributed by atoms with Crippen molar-refractivity contribution in [3.05, 3.63) is 29.8 Å². The highest BCUT2D eigenvalue weighted by Gasteiger charge is 2.36. The molecule has 1 heterocycles. The molecule has 108 valence electrons. The van der Waals surface area contributed by atoms with Crippen molar-refractivity contribution in [2.45, 2.75) is 26.4 Å². The molecule has 5 nitrogen and oxygen atoms in total. The number of benzene rings is 1. The van der Waals surface area contributed by atoms with Gasteiger partial charge in [-0.2, -0.15) is 0 Å². The van der Waals surface area contributed by atoms with Crippen molar-refractivity contribution in [2.75, 3.05) is 19.4 Å². The fraction of sp³-hybridized carbons (Fsp3) is 0.467. The van der Waals surface area contributed by atoms with Gasteiger partial charge in [-0.05, 0) is 17.5 Å². The molecule has 1 aliphatic rings. The van der Waals surface area contributed by atoms with E-state index >= 15 is 0 Å². The van der Waals surface area contributed by atoms with E-state index in [1.807, 2.05) is 38.1 Å². The summed E-state index contributed by atoms with van der Waals surface area (Å²) in [6.45, 7) is 4.35. The second kappa shape index (κ2) is 5.53. The highest BCUT2D eigenvalue weighted by Crippen LogP contribution is 2.26. The van der Waals surface area contributed by atoms with Crippen molar-refractivity contribution in [1.82, 2.24) is 9.80 Å². The van der Waals surface area contributed by atoms with Gasteiger partial charge in [0.2, 0.25) is 5.91 Å². The van der Waals surface area contributed by atoms with E-state index in [9.17, 15) is 9.59 Å². The molecule has 0 radical (unpaired) electrons. The van der Waals surface area contributed by atoms with Gasteiger partial charge in [-0.25, -0.2) is 4.79 Å². The molecule has 0 aromatic heterocycles. The Bertz CT molecular complexity index is 526. The Labute approximate surface area is 119 Å². The van der Waals surface area contributed by atoms with Crippen molar-refractivity contribution in [2.24, 2.45) is 5.92 Å². The van der Waals surface area contributed by atoms with Crippen molar-refractivity contribution >= 4 is 17.6 Å². The zero-order valence-electron chi connectivity index (χ0n) is 12.4. The van der Waals surface area contributed by atoms with Gasteiger partial charge in [0.05, 0.1) is 6.54 Å². The molecular formula is C15H21N3O2. The van der Waals surface area contributed by atoms with E-state index in [4.69, 9.17) is 0 Å². The summed E-state index contributed by atoms with van der Waals surface area (Å²) in [5.41, 5.74) is 1.75. The van der Waals surface area contributed by atoms with Gasteiger partial charge in [0.25, 0.3) is 0 Å². The lowest BCUT2D eigenvalue weighted by molar-refractivity contribution is -0.121. The van der Waals surface area contributed by atoms with E-state index in [1.54, 1.807) is 19.0 Å². The second-order valence-electron chi connectivity index (χ2n) is 5.64. The lowest BCUT2D eigenvalue weighted by Gasteiger charge is -2.33. The van der Waals surface area contributed by atoms with Gasteiger partial charge in [-0.3, -0.25) is 4.79 Å². The number of rotatable bonds is 1. The number of urea groups is 1. The summed E-state index contributed by atoms with van der Waals surface area (Å²) in [4.78, 5) is 28.0. The molecule has 2 rings (SSSR count). The smallest absolute Gasteiger partial charge is 0.320 e. The quantitative estimate of drug-likeness (QED) is 0.853. The van der Waals surface area contributed by atoms with Crippen molar-refractivity contribution in [3.63, 3.8) is 0 Å². The fourth-order valence-corrected chi connectivity index (χ4v) is 2.52. The Hall–Kier alpha value is -2.04. The molecule has 0 aliphatic carbocycles. The van der Waals surface area contributed by atoms with E-state index in [-0.39, 0.29) is 17.9 Å². The first-order valence-electron chi connectivity index (χ1n) is 6.78. The van der Waals surface area contributed by atoms with Crippen LogP contribution < -0.4 is 5.32 Å². The minimum absolute atomic E-state index is 0.0493. The Morgan fingerprint density at radius 2 is 2.00 bits per heavy atom. The minimum Gasteiger partial charge on any atom is -0.331 e. The number of fused-ring (bicyclic) bond motifs is 1. The van der Waals surface area contributed by atoms with Crippen LogP contribution in [0.25, 0.3) is 0 Å². The third-order valence-electron chi connectivity index (χ3n) is 3.48. The number of hydrogen-bond donors (Lipinski definition) is 1. The van der Waals surface area contributed by atoms with Crippen LogP contribution in [0.4, 0.5) is 10.5 Å². The standard InChI is InChI=1S/C15H21N3O2/c1-10(2)13-14(19)16-12-8-6-5-7-11(12)9-18(13)15(20)17(3)4/h5-8,10,13H,9H2,1-4H3,(H,16,19). The van der Waals surface area contributed by atoms with Crippen LogP contribution in [0.15, 0.2) is 24.3 Å². The van der Waals surface area contributed by atoms with E-state index in [0.717, 1.165) is 11.3 Å². The molecule has 0 saturated carbocycles. The molecular weight excluding hydrogens is 254 g/mol. The summed E-state index contributed by atoms with van der Waals surface area (Å²) in [5.74, 6) is -0.0756. The first kappa shape index (κ1) is 14.4. The molecule has 3 amide bonds. The van der Waals surface area contributed by atoms with Crippen molar-refractivity contribution < 1.29 is 9.59 Å². The van der Waals surface area contributed by atoms with Gasteiger partial charge in [-0.1, -0.05) is 32.0 Å². The number of anilines is 1. The average molecular weight is 275 g/mol. The van der Waals surface area contributed by atoms with Gasteiger partial charge >= 0.3 is 6.03 Å². The zero-order valence-corrected chi connectivity index (χ0v) is 12.4. The van der Waals surface area contributed by atoms with Gasteiger partial charge in [0.1, 0.15) is 6.04 Å². The third-order valence-corrected chi connectivity index (χ3v) is 3.48. The van der Waals surface area contributed by atoms with Crippen LogP contribution in [-0.4, -0.2) is 41.9 Å². The Kier molecular flexibility index (Phi) is 3.97. The van der Waals surface area contributed by atoms with Crippen molar-refractivity contribution in [3.8, 4) is 0 Å². The van der Waals surface area contributed by atoms with Gasteiger partial charge in [0, 0.05) is 19.8 Å². The molecule has 0 saturated heterocycles. The number of hydrogen-bond acceptors (Lipinski definition) is 2. The molecule has 5 heteroatoms. The number of nitrogens with zero attached hydrogens (tertiary/aromatic N) is 2. The Balaban J connectivity index is 2.44. The lowest BCUT2D eigenvalue weighted by Crippen LogP contribution is -2.51. The molecule has 1 aromatic carbocycles. The van der Waals surface area contributed by atoms with E-state index in [2.05, 4.69) is 5.32 Å². The van der Waals surface area contributed by atoms with E-state index in [1.165, 1.54) is 4.90 Å². The van der Waals surface area contributed by atoms with Gasteiger partial charge < -0.3 is 15.1 Å². The highest BCUT2D eigenvalue weighted by atomic mass is 16.2. The molecule has 0 spiro atoms. The first-order chi connectivity index (χ1) is 9.41. The maximum Gasteiger partial charge on any atom is 0.320 e. The molecule has 1 N–H and O–H groups in total. The largest absolute Gasteiger partial charge is 0.331 e. The normalized spacial score (nSPS) is 18.4. The number of nitrogens with one attached hydrogen (secondary N) is 1. The van der Waals surface area contributed by atoms with Crippen LogP contribution in [0.3, 0.4) is 0 Å². The molecule has 0 fully saturated rings. The van der Waals surface area contributed by atoms with Crippen molar-refractivity contribution in [1.29, 1.82) is 0 Å². The zero-order chi connectivity index (χ0) is 14.9. The summed E-state index contributed by atoms with van der Waals surface area (Å²) >= 11 is 0. The van der Waals surface area contributed by atoms with Crippen LogP contribution in [0.2, 0.25) is 0 Å². The predicted octanol–water partition coefficient (Wildman–Crippen LogP) is 2.15. The van der Waals surface area contributed by atoms with E-state index < -0.39 is 6.04 Å². The van der Waals surface area contributed by atoms with Crippen LogP contribution in [0.1, 0.15) is 19.4 Å². The maximum atomic E-state index is 12.4. The lowest BCUT2D eigenvalue weighted by atomic mass is 10.0. The third kappa shape index (κ3) is 2.61. The van der Waals surface area contributed by atoms with E-state index in [0.29, 0.717) is 6.54 Å². The number of carbonyl (C=O) groups is 2. The SMILES string of the molecule is CC(C)C1C(=O)Nc2ccccc2CN1C(=O)N(C)C. The Morgan fingerprint density at radius 1 is 1.35 bits per heavy atom. The Morgan fingerprint density at radius 3 is 2.60 bits per heavy atom. The summed E-state index contributed by atoms with van der Waals surface area (Å²) in [6, 6.07) is 7.00. The summed E-state index contributed by atoms with van der Waals surface area (Å²) in [7, 11) is 3.41. The molecule has 1 atom stereocenters. The average Bonchev–Trinajstić information content (AvgIpc) is 2.52. The number of para-hydroxylation sites is 1. The van der Waals surface area contributed by atoms with Crippen LogP contribution in [-0.2, 0) is 11.3 Å². The topological polar surface area (TPSA) is 52.7 Å². The summed E-state index contributed by atoms with van der Waals surface area (Å²) in [6.07, 6.45) is 0. The summed E-state index contributed by atoms with van der Waals surface area (Å²) < 4.78 is 0. The molecule has 1 aromatic rings. The molecule has 20 heavy (non-hydrogen) atoms. The van der Waals surface area contributed by atoms with Crippen LogP contribution >= 0.6 is 0 Å². The van der Waals surface area contributed by atoms with Gasteiger partial charge in [-0.15, -0.1) is 0 Å². The van der Waals surface area contributed by atoms with Crippen LogP contribution in [0.5, 0.6) is 0 Å². The second-order valence-corrected chi connectivity index (χ2v) is 5.64. The monoisotopic (exact) mass is 275 g/mol. The van der Waals surface area contributed by atoms with Crippen LogP contribution in [0, 0.1) is 5.92 Å². The number of amides is 3. The molecule has 0 bridgehead atoms. The minimum atomic E-state index is -0.461. The maximum absolute atomic E-state index is 12.4. The predicted molar refractivity (Wildman–Crippen MR) is 78.3 cm³/mol. The summed E-state index contributed by atoms with van der Waals surface area (Å²) in [5, 5.41) is 2.93.